The molecule has 1 aromatic carbocycles. The van der Waals surface area contributed by atoms with Crippen molar-refractivity contribution in [2.75, 3.05) is 13.1 Å². The fraction of sp³-hybridized carbons (Fsp3) is 0.278. The summed E-state index contributed by atoms with van der Waals surface area (Å²) in [5, 5.41) is 23.4. The number of phenols is 1. The highest BCUT2D eigenvalue weighted by atomic mass is 16.6. The van der Waals surface area contributed by atoms with E-state index in [9.17, 15) is 24.8 Å². The lowest BCUT2D eigenvalue weighted by Gasteiger charge is -2.32. The summed E-state index contributed by atoms with van der Waals surface area (Å²) >= 11 is 0. The molecule has 2 aromatic rings. The molecule has 27 heavy (non-hydrogen) atoms. The van der Waals surface area contributed by atoms with E-state index in [4.69, 9.17) is 0 Å². The number of hydrogen-bond donors (Lipinski definition) is 2. The number of aromatic nitrogens is 1. The van der Waals surface area contributed by atoms with Gasteiger partial charge in [0.2, 0.25) is 0 Å². The Morgan fingerprint density at radius 2 is 1.96 bits per heavy atom. The van der Waals surface area contributed by atoms with Gasteiger partial charge in [-0.05, 0) is 37.1 Å². The van der Waals surface area contributed by atoms with E-state index < -0.39 is 16.4 Å². The third-order valence-corrected chi connectivity index (χ3v) is 4.46. The average Bonchev–Trinajstić information content (AvgIpc) is 2.68. The standard InChI is InChI=1S/C18H18N4O5/c23-16-10-12(3-4-15(16)22(26)27)18(25)21-8-5-14(6-9-21)20-17(24)13-2-1-7-19-11-13/h1-4,7,10-11,14,23H,5-6,8-9H2,(H,20,24). The van der Waals surface area contributed by atoms with Gasteiger partial charge in [0.05, 0.1) is 10.5 Å². The summed E-state index contributed by atoms with van der Waals surface area (Å²) in [5.41, 5.74) is 0.233. The SMILES string of the molecule is O=C(NC1CCN(C(=O)c2ccc([N+](=O)[O-])c(O)c2)CC1)c1cccnc1. The van der Waals surface area contributed by atoms with Crippen LogP contribution < -0.4 is 5.32 Å². The molecule has 0 radical (unpaired) electrons. The molecular formula is C18H18N4O5. The smallest absolute Gasteiger partial charge is 0.310 e. The van der Waals surface area contributed by atoms with Gasteiger partial charge in [-0.1, -0.05) is 0 Å². The van der Waals surface area contributed by atoms with Gasteiger partial charge in [0.25, 0.3) is 11.8 Å². The second kappa shape index (κ2) is 7.81. The molecule has 0 spiro atoms. The first-order valence-corrected chi connectivity index (χ1v) is 8.43. The summed E-state index contributed by atoms with van der Waals surface area (Å²) in [6, 6.07) is 6.88. The first kappa shape index (κ1) is 18.3. The Hall–Kier alpha value is -3.49. The van der Waals surface area contributed by atoms with Gasteiger partial charge in [0.1, 0.15) is 0 Å². The highest BCUT2D eigenvalue weighted by molar-refractivity contribution is 5.95. The van der Waals surface area contributed by atoms with Crippen molar-refractivity contribution >= 4 is 17.5 Å². The summed E-state index contributed by atoms with van der Waals surface area (Å²) < 4.78 is 0. The van der Waals surface area contributed by atoms with Crippen LogP contribution in [0.2, 0.25) is 0 Å². The van der Waals surface area contributed by atoms with E-state index in [0.29, 0.717) is 31.5 Å². The minimum atomic E-state index is -0.708. The molecule has 9 heteroatoms. The normalized spacial score (nSPS) is 14.6. The molecule has 1 aliphatic heterocycles. The number of piperidine rings is 1. The number of amides is 2. The maximum Gasteiger partial charge on any atom is 0.310 e. The zero-order chi connectivity index (χ0) is 19.4. The predicted molar refractivity (Wildman–Crippen MR) is 95.4 cm³/mol. The largest absolute Gasteiger partial charge is 0.502 e. The number of carbonyl (C=O) groups excluding carboxylic acids is 2. The molecular weight excluding hydrogens is 352 g/mol. The van der Waals surface area contributed by atoms with Crippen LogP contribution in [-0.4, -0.2) is 50.9 Å². The molecule has 0 atom stereocenters. The Bertz CT molecular complexity index is 863. The highest BCUT2D eigenvalue weighted by Crippen LogP contribution is 2.27. The molecule has 0 saturated carbocycles. The van der Waals surface area contributed by atoms with E-state index in [1.165, 1.54) is 12.3 Å². The van der Waals surface area contributed by atoms with Crippen molar-refractivity contribution < 1.29 is 19.6 Å². The number of hydrogen-bond acceptors (Lipinski definition) is 6. The molecule has 2 amide bonds. The van der Waals surface area contributed by atoms with Crippen LogP contribution >= 0.6 is 0 Å². The van der Waals surface area contributed by atoms with Crippen molar-refractivity contribution in [3.63, 3.8) is 0 Å². The van der Waals surface area contributed by atoms with Crippen molar-refractivity contribution in [2.24, 2.45) is 0 Å². The average molecular weight is 370 g/mol. The topological polar surface area (TPSA) is 126 Å². The van der Waals surface area contributed by atoms with Crippen LogP contribution in [0.3, 0.4) is 0 Å². The van der Waals surface area contributed by atoms with Gasteiger partial charge in [0.15, 0.2) is 5.75 Å². The van der Waals surface area contributed by atoms with Crippen molar-refractivity contribution in [1.82, 2.24) is 15.2 Å². The number of likely N-dealkylation sites (tertiary alicyclic amines) is 1. The molecule has 1 fully saturated rings. The van der Waals surface area contributed by atoms with Gasteiger partial charge in [-0.2, -0.15) is 0 Å². The van der Waals surface area contributed by atoms with E-state index in [-0.39, 0.29) is 23.4 Å². The van der Waals surface area contributed by atoms with Crippen LogP contribution in [0.5, 0.6) is 5.75 Å². The molecule has 1 aliphatic rings. The van der Waals surface area contributed by atoms with Gasteiger partial charge in [0, 0.05) is 43.2 Å². The summed E-state index contributed by atoms with van der Waals surface area (Å²) in [7, 11) is 0. The highest BCUT2D eigenvalue weighted by Gasteiger charge is 2.26. The fourth-order valence-electron chi connectivity index (χ4n) is 2.99. The lowest BCUT2D eigenvalue weighted by molar-refractivity contribution is -0.385. The lowest BCUT2D eigenvalue weighted by atomic mass is 10.0. The Morgan fingerprint density at radius 3 is 2.56 bits per heavy atom. The Kier molecular flexibility index (Phi) is 5.30. The number of carbonyl (C=O) groups is 2. The van der Waals surface area contributed by atoms with Crippen LogP contribution in [0.25, 0.3) is 0 Å². The maximum absolute atomic E-state index is 12.5. The van der Waals surface area contributed by atoms with Crippen LogP contribution in [0.4, 0.5) is 5.69 Å². The van der Waals surface area contributed by atoms with E-state index in [0.717, 1.165) is 12.1 Å². The number of nitrogens with one attached hydrogen (secondary N) is 1. The van der Waals surface area contributed by atoms with Gasteiger partial charge in [-0.3, -0.25) is 24.7 Å². The van der Waals surface area contributed by atoms with Crippen molar-refractivity contribution in [3.8, 4) is 5.75 Å². The van der Waals surface area contributed by atoms with Gasteiger partial charge in [-0.15, -0.1) is 0 Å². The van der Waals surface area contributed by atoms with E-state index >= 15 is 0 Å². The summed E-state index contributed by atoms with van der Waals surface area (Å²) in [4.78, 5) is 40.2. The molecule has 9 nitrogen and oxygen atoms in total. The first-order valence-electron chi connectivity index (χ1n) is 8.43. The van der Waals surface area contributed by atoms with Crippen LogP contribution in [0.15, 0.2) is 42.7 Å². The fourth-order valence-corrected chi connectivity index (χ4v) is 2.99. The zero-order valence-corrected chi connectivity index (χ0v) is 14.4. The minimum absolute atomic E-state index is 0.0491. The first-order chi connectivity index (χ1) is 13.0. The van der Waals surface area contributed by atoms with Crippen LogP contribution in [0.1, 0.15) is 33.6 Å². The number of rotatable bonds is 4. The molecule has 0 bridgehead atoms. The van der Waals surface area contributed by atoms with E-state index in [1.807, 2.05) is 0 Å². The number of benzene rings is 1. The van der Waals surface area contributed by atoms with Gasteiger partial charge >= 0.3 is 5.69 Å². The van der Waals surface area contributed by atoms with E-state index in [2.05, 4.69) is 10.3 Å². The van der Waals surface area contributed by atoms with Crippen molar-refractivity contribution in [2.45, 2.75) is 18.9 Å². The van der Waals surface area contributed by atoms with Gasteiger partial charge < -0.3 is 15.3 Å². The van der Waals surface area contributed by atoms with Crippen LogP contribution in [-0.2, 0) is 0 Å². The number of aromatic hydroxyl groups is 1. The third kappa shape index (κ3) is 4.20. The van der Waals surface area contributed by atoms with Crippen molar-refractivity contribution in [1.29, 1.82) is 0 Å². The van der Waals surface area contributed by atoms with Crippen LogP contribution in [0, 0.1) is 10.1 Å². The predicted octanol–water partition coefficient (Wildman–Crippen LogP) is 1.73. The maximum atomic E-state index is 12.5. The minimum Gasteiger partial charge on any atom is -0.502 e. The molecule has 0 unspecified atom stereocenters. The molecule has 140 valence electrons. The number of nitro groups is 1. The second-order valence-electron chi connectivity index (χ2n) is 6.24. The lowest BCUT2D eigenvalue weighted by Crippen LogP contribution is -2.46. The Morgan fingerprint density at radius 1 is 1.22 bits per heavy atom. The number of phenolic OH excluding ortho intramolecular Hbond substituents is 1. The van der Waals surface area contributed by atoms with E-state index in [1.54, 1.807) is 23.2 Å². The van der Waals surface area contributed by atoms with Gasteiger partial charge in [-0.25, -0.2) is 0 Å². The summed E-state index contributed by atoms with van der Waals surface area (Å²) in [6.45, 7) is 0.878. The monoisotopic (exact) mass is 370 g/mol. The Balaban J connectivity index is 1.57. The number of pyridine rings is 1. The molecule has 1 saturated heterocycles. The summed E-state index contributed by atoms with van der Waals surface area (Å²) in [6.07, 6.45) is 4.28. The second-order valence-corrected chi connectivity index (χ2v) is 6.24. The molecule has 2 heterocycles. The molecule has 1 aromatic heterocycles. The number of nitro benzene ring substituents is 1. The summed E-state index contributed by atoms with van der Waals surface area (Å²) in [5.74, 6) is -1.05. The molecule has 3 rings (SSSR count). The van der Waals surface area contributed by atoms with Crippen molar-refractivity contribution in [3.05, 3.63) is 64.0 Å². The number of nitrogens with zero attached hydrogens (tertiary/aromatic N) is 3. The quantitative estimate of drug-likeness (QED) is 0.623. The Labute approximate surface area is 154 Å². The zero-order valence-electron chi connectivity index (χ0n) is 14.4. The molecule has 0 aliphatic carbocycles. The third-order valence-electron chi connectivity index (χ3n) is 4.46. The molecule has 2 N–H and O–H groups in total.